The molecule has 0 radical (unpaired) electrons. The Morgan fingerprint density at radius 3 is 2.50 bits per heavy atom. The van der Waals surface area contributed by atoms with E-state index in [4.69, 9.17) is 5.73 Å². The van der Waals surface area contributed by atoms with E-state index in [1.807, 2.05) is 0 Å². The molecule has 1 aliphatic carbocycles. The number of amides is 2. The zero-order valence-corrected chi connectivity index (χ0v) is 14.4. The Labute approximate surface area is 151 Å². The number of nitrogen functional groups attached to an aromatic ring is 1. The number of anilines is 3. The summed E-state index contributed by atoms with van der Waals surface area (Å²) in [6.45, 7) is 0. The first kappa shape index (κ1) is 17.9. The molecule has 0 aliphatic heterocycles. The molecule has 0 aromatic heterocycles. The normalized spacial score (nSPS) is 14.7. The minimum atomic E-state index is -0.531. The zero-order chi connectivity index (χ0) is 18.5. The number of nitrogens with one attached hydrogen (secondary N) is 2. The minimum Gasteiger partial charge on any atom is -0.399 e. The summed E-state index contributed by atoms with van der Waals surface area (Å²) >= 11 is 0. The number of carbonyl (C=O) groups excluding carboxylic acids is 2. The number of nitrogens with two attached hydrogens (primary N) is 1. The van der Waals surface area contributed by atoms with Gasteiger partial charge in [-0.05, 0) is 49.2 Å². The summed E-state index contributed by atoms with van der Waals surface area (Å²) in [5.41, 5.74) is 7.05. The molecule has 0 heterocycles. The molecule has 2 aromatic carbocycles. The summed E-state index contributed by atoms with van der Waals surface area (Å²) in [6.07, 6.45) is 4.86. The quantitative estimate of drug-likeness (QED) is 0.719. The van der Waals surface area contributed by atoms with Gasteiger partial charge in [-0.25, -0.2) is 4.39 Å². The van der Waals surface area contributed by atoms with Gasteiger partial charge in [0.25, 0.3) is 5.91 Å². The molecule has 4 N–H and O–H groups in total. The van der Waals surface area contributed by atoms with Crippen LogP contribution in [0.3, 0.4) is 0 Å². The number of carbonyl (C=O) groups is 2. The number of hydrogen-bond donors (Lipinski definition) is 3. The SMILES string of the molecule is Nc1cccc(C(=O)Nc2ccc(F)c(NC(=O)C3CCCCC3)c2)c1. The smallest absolute Gasteiger partial charge is 0.255 e. The lowest BCUT2D eigenvalue weighted by Crippen LogP contribution is -2.25. The molecule has 3 rings (SSSR count). The first-order valence-electron chi connectivity index (χ1n) is 8.80. The van der Waals surface area contributed by atoms with Gasteiger partial charge in [0.15, 0.2) is 0 Å². The molecule has 2 amide bonds. The van der Waals surface area contributed by atoms with Crippen molar-refractivity contribution in [2.45, 2.75) is 32.1 Å². The zero-order valence-electron chi connectivity index (χ0n) is 14.4. The number of hydrogen-bond acceptors (Lipinski definition) is 3. The van der Waals surface area contributed by atoms with Crippen molar-refractivity contribution in [3.05, 3.63) is 53.8 Å². The van der Waals surface area contributed by atoms with Crippen LogP contribution in [0, 0.1) is 11.7 Å². The molecule has 0 bridgehead atoms. The largest absolute Gasteiger partial charge is 0.399 e. The maximum Gasteiger partial charge on any atom is 0.255 e. The standard InChI is InChI=1S/C20H22FN3O2/c21-17-10-9-16(23-20(26)14-7-4-8-15(22)11-14)12-18(17)24-19(25)13-5-2-1-3-6-13/h4,7-13H,1-3,5-6,22H2,(H,23,26)(H,24,25). The third-order valence-corrected chi connectivity index (χ3v) is 4.61. The lowest BCUT2D eigenvalue weighted by atomic mass is 9.88. The summed E-state index contributed by atoms with van der Waals surface area (Å²) in [5, 5.41) is 5.35. The maximum absolute atomic E-state index is 14.1. The maximum atomic E-state index is 14.1. The summed E-state index contributed by atoms with van der Waals surface area (Å²) in [4.78, 5) is 24.6. The average molecular weight is 355 g/mol. The Morgan fingerprint density at radius 2 is 1.77 bits per heavy atom. The second-order valence-electron chi connectivity index (χ2n) is 6.60. The topological polar surface area (TPSA) is 84.2 Å². The molecule has 0 spiro atoms. The number of benzene rings is 2. The van der Waals surface area contributed by atoms with Gasteiger partial charge in [-0.2, -0.15) is 0 Å². The van der Waals surface area contributed by atoms with Crippen LogP contribution in [0.25, 0.3) is 0 Å². The molecule has 1 aliphatic rings. The van der Waals surface area contributed by atoms with Gasteiger partial charge < -0.3 is 16.4 Å². The highest BCUT2D eigenvalue weighted by Crippen LogP contribution is 2.26. The van der Waals surface area contributed by atoms with Crippen LogP contribution < -0.4 is 16.4 Å². The minimum absolute atomic E-state index is 0.0750. The van der Waals surface area contributed by atoms with Crippen molar-refractivity contribution in [1.82, 2.24) is 0 Å². The van der Waals surface area contributed by atoms with Crippen LogP contribution in [0.15, 0.2) is 42.5 Å². The van der Waals surface area contributed by atoms with E-state index in [1.165, 1.54) is 18.2 Å². The fourth-order valence-corrected chi connectivity index (χ4v) is 3.18. The predicted molar refractivity (Wildman–Crippen MR) is 100 cm³/mol. The third kappa shape index (κ3) is 4.39. The van der Waals surface area contributed by atoms with E-state index < -0.39 is 5.82 Å². The van der Waals surface area contributed by atoms with Crippen molar-refractivity contribution >= 4 is 28.9 Å². The van der Waals surface area contributed by atoms with E-state index in [-0.39, 0.29) is 23.4 Å². The summed E-state index contributed by atoms with van der Waals surface area (Å²) in [7, 11) is 0. The molecule has 1 fully saturated rings. The summed E-state index contributed by atoms with van der Waals surface area (Å²) < 4.78 is 14.1. The van der Waals surface area contributed by atoms with E-state index >= 15 is 0 Å². The molecule has 0 unspecified atom stereocenters. The van der Waals surface area contributed by atoms with Gasteiger partial charge in [0.1, 0.15) is 5.82 Å². The van der Waals surface area contributed by atoms with Gasteiger partial charge >= 0.3 is 0 Å². The van der Waals surface area contributed by atoms with Crippen molar-refractivity contribution in [3.8, 4) is 0 Å². The van der Waals surface area contributed by atoms with Crippen LogP contribution in [0.1, 0.15) is 42.5 Å². The van der Waals surface area contributed by atoms with E-state index in [0.717, 1.165) is 32.1 Å². The van der Waals surface area contributed by atoms with Crippen LogP contribution in [0.5, 0.6) is 0 Å². The lowest BCUT2D eigenvalue weighted by Gasteiger charge is -2.21. The van der Waals surface area contributed by atoms with Gasteiger partial charge in [-0.15, -0.1) is 0 Å². The lowest BCUT2D eigenvalue weighted by molar-refractivity contribution is -0.120. The summed E-state index contributed by atoms with van der Waals surface area (Å²) in [6, 6.07) is 10.7. The predicted octanol–water partition coefficient (Wildman–Crippen LogP) is 4.18. The van der Waals surface area contributed by atoms with Crippen molar-refractivity contribution in [1.29, 1.82) is 0 Å². The van der Waals surface area contributed by atoms with E-state index in [0.29, 0.717) is 16.9 Å². The molecular weight excluding hydrogens is 333 g/mol. The molecule has 0 atom stereocenters. The van der Waals surface area contributed by atoms with E-state index in [1.54, 1.807) is 24.3 Å². The van der Waals surface area contributed by atoms with Crippen molar-refractivity contribution in [3.63, 3.8) is 0 Å². The molecule has 0 saturated heterocycles. The van der Waals surface area contributed by atoms with Gasteiger partial charge in [0, 0.05) is 22.9 Å². The highest BCUT2D eigenvalue weighted by molar-refractivity contribution is 6.05. The fraction of sp³-hybridized carbons (Fsp3) is 0.300. The molecular formula is C20H22FN3O2. The highest BCUT2D eigenvalue weighted by atomic mass is 19.1. The second-order valence-corrected chi connectivity index (χ2v) is 6.60. The molecule has 5 nitrogen and oxygen atoms in total. The molecule has 6 heteroatoms. The van der Waals surface area contributed by atoms with E-state index in [2.05, 4.69) is 10.6 Å². The highest BCUT2D eigenvalue weighted by Gasteiger charge is 2.22. The van der Waals surface area contributed by atoms with E-state index in [9.17, 15) is 14.0 Å². The van der Waals surface area contributed by atoms with Crippen LogP contribution in [0.4, 0.5) is 21.5 Å². The van der Waals surface area contributed by atoms with Crippen molar-refractivity contribution in [2.75, 3.05) is 16.4 Å². The van der Waals surface area contributed by atoms with Crippen molar-refractivity contribution in [2.24, 2.45) is 5.92 Å². The van der Waals surface area contributed by atoms with Crippen LogP contribution in [-0.4, -0.2) is 11.8 Å². The summed E-state index contributed by atoms with van der Waals surface area (Å²) in [5.74, 6) is -1.12. The first-order chi connectivity index (χ1) is 12.5. The fourth-order valence-electron chi connectivity index (χ4n) is 3.18. The van der Waals surface area contributed by atoms with Gasteiger partial charge in [-0.1, -0.05) is 25.3 Å². The average Bonchev–Trinajstić information content (AvgIpc) is 2.65. The Balaban J connectivity index is 1.70. The monoisotopic (exact) mass is 355 g/mol. The molecule has 1 saturated carbocycles. The van der Waals surface area contributed by atoms with Crippen LogP contribution >= 0.6 is 0 Å². The van der Waals surface area contributed by atoms with Crippen LogP contribution in [0.2, 0.25) is 0 Å². The molecule has 2 aromatic rings. The second kappa shape index (κ2) is 7.99. The number of rotatable bonds is 4. The van der Waals surface area contributed by atoms with Gasteiger partial charge in [0.2, 0.25) is 5.91 Å². The van der Waals surface area contributed by atoms with Gasteiger partial charge in [0.05, 0.1) is 5.69 Å². The van der Waals surface area contributed by atoms with Crippen LogP contribution in [-0.2, 0) is 4.79 Å². The number of halogens is 1. The first-order valence-corrected chi connectivity index (χ1v) is 8.80. The molecule has 26 heavy (non-hydrogen) atoms. The van der Waals surface area contributed by atoms with Gasteiger partial charge in [-0.3, -0.25) is 9.59 Å². The Morgan fingerprint density at radius 1 is 1.00 bits per heavy atom. The van der Waals surface area contributed by atoms with Crippen molar-refractivity contribution < 1.29 is 14.0 Å². The third-order valence-electron chi connectivity index (χ3n) is 4.61. The molecule has 136 valence electrons. The Kier molecular flexibility index (Phi) is 5.51. The Bertz CT molecular complexity index is 816. The Hall–Kier alpha value is -2.89.